The molecule has 0 unspecified atom stereocenters. The second-order valence-electron chi connectivity index (χ2n) is 5.44. The van der Waals surface area contributed by atoms with Crippen molar-refractivity contribution in [3.63, 3.8) is 0 Å². The van der Waals surface area contributed by atoms with Gasteiger partial charge in [-0.3, -0.25) is 0 Å². The van der Waals surface area contributed by atoms with E-state index in [9.17, 15) is 0 Å². The number of rotatable bonds is 3. The van der Waals surface area contributed by atoms with E-state index in [1.807, 2.05) is 36.4 Å². The van der Waals surface area contributed by atoms with Crippen LogP contribution in [0.15, 0.2) is 48.5 Å². The minimum atomic E-state index is 0.550. The van der Waals surface area contributed by atoms with Crippen molar-refractivity contribution in [2.75, 3.05) is 0 Å². The first kappa shape index (κ1) is 13.2. The van der Waals surface area contributed by atoms with Crippen LogP contribution < -0.4 is 0 Å². The van der Waals surface area contributed by atoms with Gasteiger partial charge in [0.05, 0.1) is 11.0 Å². The topological polar surface area (TPSA) is 17.8 Å². The van der Waals surface area contributed by atoms with Crippen LogP contribution in [0.1, 0.15) is 13.8 Å². The normalized spacial score (nSPS) is 11.4. The third-order valence-corrected chi connectivity index (χ3v) is 3.53. The van der Waals surface area contributed by atoms with Crippen molar-refractivity contribution in [3.05, 3.63) is 53.6 Å². The highest BCUT2D eigenvalue weighted by Gasteiger charge is 2.13. The van der Waals surface area contributed by atoms with E-state index in [-0.39, 0.29) is 0 Å². The van der Waals surface area contributed by atoms with Gasteiger partial charge in [0.2, 0.25) is 0 Å². The molecule has 0 radical (unpaired) electrons. The Hall–Kier alpha value is -1.80. The lowest BCUT2D eigenvalue weighted by Crippen LogP contribution is -2.06. The molecule has 0 atom stereocenters. The molecule has 0 spiro atoms. The van der Waals surface area contributed by atoms with Crippen molar-refractivity contribution in [2.45, 2.75) is 20.4 Å². The fourth-order valence-corrected chi connectivity index (χ4v) is 2.62. The summed E-state index contributed by atoms with van der Waals surface area (Å²) >= 11 is 6.14. The quantitative estimate of drug-likeness (QED) is 0.661. The number of halogens is 1. The number of aromatic nitrogens is 2. The standard InChI is InChI=1S/C17H17ClN2/c1-12(2)11-20-16-10-14(18)8-9-15(16)19-17(20)13-6-4-3-5-7-13/h3-10,12H,11H2,1-2H3. The summed E-state index contributed by atoms with van der Waals surface area (Å²) in [7, 11) is 0. The van der Waals surface area contributed by atoms with Gasteiger partial charge in [-0.1, -0.05) is 55.8 Å². The predicted molar refractivity (Wildman–Crippen MR) is 85.0 cm³/mol. The molecular weight excluding hydrogens is 268 g/mol. The van der Waals surface area contributed by atoms with E-state index in [1.54, 1.807) is 0 Å². The van der Waals surface area contributed by atoms with Gasteiger partial charge in [0, 0.05) is 17.1 Å². The third-order valence-electron chi connectivity index (χ3n) is 3.29. The number of hydrogen-bond donors (Lipinski definition) is 0. The lowest BCUT2D eigenvalue weighted by atomic mass is 10.2. The van der Waals surface area contributed by atoms with Gasteiger partial charge in [-0.15, -0.1) is 0 Å². The van der Waals surface area contributed by atoms with Crippen molar-refractivity contribution >= 4 is 22.6 Å². The Morgan fingerprint density at radius 3 is 2.55 bits per heavy atom. The van der Waals surface area contributed by atoms with Crippen LogP contribution in [0.3, 0.4) is 0 Å². The molecular formula is C17H17ClN2. The molecule has 2 aromatic carbocycles. The largest absolute Gasteiger partial charge is 0.324 e. The van der Waals surface area contributed by atoms with Crippen LogP contribution in [0.5, 0.6) is 0 Å². The van der Waals surface area contributed by atoms with Gasteiger partial charge in [0.15, 0.2) is 0 Å². The summed E-state index contributed by atoms with van der Waals surface area (Å²) in [6.45, 7) is 5.36. The molecule has 20 heavy (non-hydrogen) atoms. The number of benzene rings is 2. The fourth-order valence-electron chi connectivity index (χ4n) is 2.45. The second kappa shape index (κ2) is 5.29. The molecule has 0 saturated carbocycles. The van der Waals surface area contributed by atoms with Gasteiger partial charge in [0.25, 0.3) is 0 Å². The lowest BCUT2D eigenvalue weighted by Gasteiger charge is -2.12. The third kappa shape index (κ3) is 2.44. The highest BCUT2D eigenvalue weighted by atomic mass is 35.5. The molecule has 2 nitrogen and oxygen atoms in total. The van der Waals surface area contributed by atoms with Crippen molar-refractivity contribution in [1.82, 2.24) is 9.55 Å². The van der Waals surface area contributed by atoms with Crippen molar-refractivity contribution in [2.24, 2.45) is 5.92 Å². The molecule has 0 aliphatic rings. The summed E-state index contributed by atoms with van der Waals surface area (Å²) in [6, 6.07) is 16.2. The maximum absolute atomic E-state index is 6.14. The Bertz CT molecular complexity index is 729. The van der Waals surface area contributed by atoms with Crippen LogP contribution in [-0.2, 0) is 6.54 Å². The van der Waals surface area contributed by atoms with Crippen LogP contribution >= 0.6 is 11.6 Å². The van der Waals surface area contributed by atoms with Crippen molar-refractivity contribution in [3.8, 4) is 11.4 Å². The summed E-state index contributed by atoms with van der Waals surface area (Å²) in [5.74, 6) is 1.56. The number of nitrogens with zero attached hydrogens (tertiary/aromatic N) is 2. The molecule has 3 heteroatoms. The Balaban J connectivity index is 2.25. The molecule has 1 heterocycles. The number of hydrogen-bond acceptors (Lipinski definition) is 1. The summed E-state index contributed by atoms with van der Waals surface area (Å²) in [6.07, 6.45) is 0. The van der Waals surface area contributed by atoms with Gasteiger partial charge in [-0.2, -0.15) is 0 Å². The first-order chi connectivity index (χ1) is 9.65. The van der Waals surface area contributed by atoms with E-state index in [0.29, 0.717) is 5.92 Å². The molecule has 0 fully saturated rings. The molecule has 0 saturated heterocycles. The van der Waals surface area contributed by atoms with Crippen LogP contribution in [0.2, 0.25) is 5.02 Å². The Morgan fingerprint density at radius 2 is 1.85 bits per heavy atom. The van der Waals surface area contributed by atoms with Crippen LogP contribution in [-0.4, -0.2) is 9.55 Å². The zero-order valence-electron chi connectivity index (χ0n) is 11.7. The molecule has 0 N–H and O–H groups in total. The SMILES string of the molecule is CC(C)Cn1c(-c2ccccc2)nc2ccc(Cl)cc21. The predicted octanol–water partition coefficient (Wildman–Crippen LogP) is 5.01. The maximum atomic E-state index is 6.14. The Labute approximate surface area is 124 Å². The molecule has 3 rings (SSSR count). The zero-order chi connectivity index (χ0) is 14.1. The van der Waals surface area contributed by atoms with Gasteiger partial charge < -0.3 is 4.57 Å². The van der Waals surface area contributed by atoms with E-state index in [2.05, 4.69) is 30.5 Å². The highest BCUT2D eigenvalue weighted by Crippen LogP contribution is 2.27. The van der Waals surface area contributed by atoms with Crippen LogP contribution in [0.25, 0.3) is 22.4 Å². The number of fused-ring (bicyclic) bond motifs is 1. The monoisotopic (exact) mass is 284 g/mol. The van der Waals surface area contributed by atoms with Crippen LogP contribution in [0, 0.1) is 5.92 Å². The van der Waals surface area contributed by atoms with E-state index in [0.717, 1.165) is 34.0 Å². The minimum absolute atomic E-state index is 0.550. The summed E-state index contributed by atoms with van der Waals surface area (Å²) in [4.78, 5) is 4.78. The molecule has 0 aliphatic heterocycles. The highest BCUT2D eigenvalue weighted by molar-refractivity contribution is 6.31. The molecule has 3 aromatic rings. The first-order valence-corrected chi connectivity index (χ1v) is 7.24. The molecule has 102 valence electrons. The molecule has 0 bridgehead atoms. The summed E-state index contributed by atoms with van der Waals surface area (Å²) < 4.78 is 2.27. The molecule has 0 aliphatic carbocycles. The zero-order valence-corrected chi connectivity index (χ0v) is 12.4. The van der Waals surface area contributed by atoms with Gasteiger partial charge in [-0.25, -0.2) is 4.98 Å². The average molecular weight is 285 g/mol. The van der Waals surface area contributed by atoms with E-state index < -0.39 is 0 Å². The molecule has 0 amide bonds. The Morgan fingerprint density at radius 1 is 1.10 bits per heavy atom. The Kier molecular flexibility index (Phi) is 3.49. The maximum Gasteiger partial charge on any atom is 0.141 e. The minimum Gasteiger partial charge on any atom is -0.324 e. The van der Waals surface area contributed by atoms with E-state index in [4.69, 9.17) is 16.6 Å². The van der Waals surface area contributed by atoms with Gasteiger partial charge in [0.1, 0.15) is 5.82 Å². The van der Waals surface area contributed by atoms with Gasteiger partial charge >= 0.3 is 0 Å². The lowest BCUT2D eigenvalue weighted by molar-refractivity contribution is 0.536. The first-order valence-electron chi connectivity index (χ1n) is 6.86. The number of imidazole rings is 1. The fraction of sp³-hybridized carbons (Fsp3) is 0.235. The van der Waals surface area contributed by atoms with E-state index in [1.165, 1.54) is 0 Å². The van der Waals surface area contributed by atoms with Gasteiger partial charge in [-0.05, 0) is 24.1 Å². The second-order valence-corrected chi connectivity index (χ2v) is 5.88. The van der Waals surface area contributed by atoms with Crippen molar-refractivity contribution < 1.29 is 0 Å². The summed E-state index contributed by atoms with van der Waals surface area (Å²) in [5.41, 5.74) is 3.24. The average Bonchev–Trinajstić information content (AvgIpc) is 2.77. The smallest absolute Gasteiger partial charge is 0.141 e. The summed E-state index contributed by atoms with van der Waals surface area (Å²) in [5, 5.41) is 0.752. The van der Waals surface area contributed by atoms with Crippen molar-refractivity contribution in [1.29, 1.82) is 0 Å². The van der Waals surface area contributed by atoms with E-state index >= 15 is 0 Å². The van der Waals surface area contributed by atoms with Crippen LogP contribution in [0.4, 0.5) is 0 Å². The molecule has 1 aromatic heterocycles.